The molecule has 2 heteroatoms. The third-order valence-corrected chi connectivity index (χ3v) is 3.61. The highest BCUT2D eigenvalue weighted by molar-refractivity contribution is 5.24. The predicted molar refractivity (Wildman–Crippen MR) is 68.7 cm³/mol. The van der Waals surface area contributed by atoms with E-state index < -0.39 is 0 Å². The second-order valence-electron chi connectivity index (χ2n) is 4.93. The van der Waals surface area contributed by atoms with Crippen molar-refractivity contribution in [3.63, 3.8) is 0 Å². The van der Waals surface area contributed by atoms with Crippen LogP contribution in [0.15, 0.2) is 24.3 Å². The molecule has 1 aromatic carbocycles. The molecule has 2 nitrogen and oxygen atoms in total. The van der Waals surface area contributed by atoms with Gasteiger partial charge in [-0.05, 0) is 26.5 Å². The highest BCUT2D eigenvalue weighted by Crippen LogP contribution is 2.21. The van der Waals surface area contributed by atoms with Crippen LogP contribution in [-0.2, 0) is 0 Å². The average Bonchev–Trinajstić information content (AvgIpc) is 2.29. The monoisotopic (exact) mass is 218 g/mol. The van der Waals surface area contributed by atoms with E-state index >= 15 is 0 Å². The van der Waals surface area contributed by atoms with E-state index in [1.807, 2.05) is 0 Å². The van der Waals surface area contributed by atoms with Crippen molar-refractivity contribution in [3.05, 3.63) is 35.4 Å². The SMILES string of the molecule is Cc1cccc([C@@H](C)N2CCN(C)CC2)c1. The van der Waals surface area contributed by atoms with E-state index in [9.17, 15) is 0 Å². The van der Waals surface area contributed by atoms with Gasteiger partial charge in [-0.3, -0.25) is 4.90 Å². The summed E-state index contributed by atoms with van der Waals surface area (Å²) in [6.45, 7) is 9.24. The molecule has 0 aromatic heterocycles. The smallest absolute Gasteiger partial charge is 0.0321 e. The van der Waals surface area contributed by atoms with Crippen molar-refractivity contribution >= 4 is 0 Å². The van der Waals surface area contributed by atoms with Crippen LogP contribution in [0.5, 0.6) is 0 Å². The Morgan fingerprint density at radius 2 is 1.81 bits per heavy atom. The number of nitrogens with zero attached hydrogens (tertiary/aromatic N) is 2. The summed E-state index contributed by atoms with van der Waals surface area (Å²) in [7, 11) is 2.20. The van der Waals surface area contributed by atoms with Gasteiger partial charge in [0.05, 0.1) is 0 Å². The summed E-state index contributed by atoms with van der Waals surface area (Å²) in [4.78, 5) is 4.98. The zero-order valence-corrected chi connectivity index (χ0v) is 10.6. The molecule has 0 spiro atoms. The summed E-state index contributed by atoms with van der Waals surface area (Å²) < 4.78 is 0. The van der Waals surface area contributed by atoms with Crippen molar-refractivity contribution in [1.29, 1.82) is 0 Å². The van der Waals surface area contributed by atoms with E-state index in [1.54, 1.807) is 0 Å². The standard InChI is InChI=1S/C14H22N2/c1-12-5-4-6-14(11-12)13(2)16-9-7-15(3)8-10-16/h4-6,11,13H,7-10H2,1-3H3/t13-/m1/s1. The molecule has 0 radical (unpaired) electrons. The Morgan fingerprint density at radius 1 is 1.12 bits per heavy atom. The van der Waals surface area contributed by atoms with Crippen molar-refractivity contribution in [2.45, 2.75) is 19.9 Å². The molecule has 1 fully saturated rings. The molecular weight excluding hydrogens is 196 g/mol. The first-order chi connectivity index (χ1) is 7.66. The van der Waals surface area contributed by atoms with Crippen LogP contribution >= 0.6 is 0 Å². The highest BCUT2D eigenvalue weighted by atomic mass is 15.3. The van der Waals surface area contributed by atoms with E-state index in [-0.39, 0.29) is 0 Å². The second kappa shape index (κ2) is 4.98. The number of aryl methyl sites for hydroxylation is 1. The number of likely N-dealkylation sites (N-methyl/N-ethyl adjacent to an activating group) is 1. The predicted octanol–water partition coefficient (Wildman–Crippen LogP) is 2.30. The van der Waals surface area contributed by atoms with Gasteiger partial charge < -0.3 is 4.90 Å². The third-order valence-electron chi connectivity index (χ3n) is 3.61. The quantitative estimate of drug-likeness (QED) is 0.751. The Labute approximate surface area is 98.9 Å². The maximum atomic E-state index is 2.58. The van der Waals surface area contributed by atoms with E-state index in [2.05, 4.69) is 55.0 Å². The van der Waals surface area contributed by atoms with Crippen LogP contribution in [0.4, 0.5) is 0 Å². The molecule has 0 saturated carbocycles. The summed E-state index contributed by atoms with van der Waals surface area (Å²) in [5, 5.41) is 0. The van der Waals surface area contributed by atoms with E-state index in [0.29, 0.717) is 6.04 Å². The zero-order chi connectivity index (χ0) is 11.5. The van der Waals surface area contributed by atoms with Crippen molar-refractivity contribution < 1.29 is 0 Å². The van der Waals surface area contributed by atoms with E-state index in [1.165, 1.54) is 37.3 Å². The van der Waals surface area contributed by atoms with Gasteiger partial charge in [-0.25, -0.2) is 0 Å². The van der Waals surface area contributed by atoms with E-state index in [0.717, 1.165) is 0 Å². The summed E-state index contributed by atoms with van der Waals surface area (Å²) in [6.07, 6.45) is 0. The first kappa shape index (κ1) is 11.6. The topological polar surface area (TPSA) is 6.48 Å². The van der Waals surface area contributed by atoms with Crippen molar-refractivity contribution in [2.24, 2.45) is 0 Å². The normalized spacial score (nSPS) is 20.9. The minimum absolute atomic E-state index is 0.550. The Kier molecular flexibility index (Phi) is 3.62. The Bertz CT molecular complexity index is 340. The van der Waals surface area contributed by atoms with Gasteiger partial charge in [0, 0.05) is 32.2 Å². The van der Waals surface area contributed by atoms with Gasteiger partial charge in [-0.1, -0.05) is 29.8 Å². The molecule has 1 atom stereocenters. The van der Waals surface area contributed by atoms with Gasteiger partial charge in [0.2, 0.25) is 0 Å². The lowest BCUT2D eigenvalue weighted by Gasteiger charge is -2.36. The first-order valence-corrected chi connectivity index (χ1v) is 6.16. The number of hydrogen-bond donors (Lipinski definition) is 0. The number of piperazine rings is 1. The summed E-state index contributed by atoms with van der Waals surface area (Å²) in [5.74, 6) is 0. The molecule has 1 aromatic rings. The molecule has 0 unspecified atom stereocenters. The second-order valence-corrected chi connectivity index (χ2v) is 4.93. The van der Waals surface area contributed by atoms with Crippen LogP contribution in [0.1, 0.15) is 24.1 Å². The molecular formula is C14H22N2. The summed E-state index contributed by atoms with van der Waals surface area (Å²) in [6, 6.07) is 9.43. The van der Waals surface area contributed by atoms with Crippen LogP contribution in [-0.4, -0.2) is 43.0 Å². The third kappa shape index (κ3) is 2.63. The molecule has 1 aliphatic heterocycles. The fourth-order valence-corrected chi connectivity index (χ4v) is 2.35. The Balaban J connectivity index is 2.04. The summed E-state index contributed by atoms with van der Waals surface area (Å²) >= 11 is 0. The number of rotatable bonds is 2. The molecule has 16 heavy (non-hydrogen) atoms. The van der Waals surface area contributed by atoms with Crippen molar-refractivity contribution in [3.8, 4) is 0 Å². The lowest BCUT2D eigenvalue weighted by Crippen LogP contribution is -2.45. The Hall–Kier alpha value is -0.860. The number of benzene rings is 1. The van der Waals surface area contributed by atoms with Crippen LogP contribution in [0.3, 0.4) is 0 Å². The van der Waals surface area contributed by atoms with E-state index in [4.69, 9.17) is 0 Å². The maximum Gasteiger partial charge on any atom is 0.0321 e. The molecule has 2 rings (SSSR count). The van der Waals surface area contributed by atoms with Gasteiger partial charge in [0.25, 0.3) is 0 Å². The molecule has 0 aliphatic carbocycles. The van der Waals surface area contributed by atoms with Crippen LogP contribution in [0.25, 0.3) is 0 Å². The zero-order valence-electron chi connectivity index (χ0n) is 10.6. The fourth-order valence-electron chi connectivity index (χ4n) is 2.35. The van der Waals surface area contributed by atoms with Gasteiger partial charge >= 0.3 is 0 Å². The molecule has 1 aliphatic rings. The van der Waals surface area contributed by atoms with Gasteiger partial charge in [0.1, 0.15) is 0 Å². The van der Waals surface area contributed by atoms with Crippen molar-refractivity contribution in [1.82, 2.24) is 9.80 Å². The molecule has 0 N–H and O–H groups in total. The highest BCUT2D eigenvalue weighted by Gasteiger charge is 2.19. The van der Waals surface area contributed by atoms with Crippen LogP contribution < -0.4 is 0 Å². The van der Waals surface area contributed by atoms with Gasteiger partial charge in [-0.2, -0.15) is 0 Å². The average molecular weight is 218 g/mol. The minimum atomic E-state index is 0.550. The molecule has 0 bridgehead atoms. The van der Waals surface area contributed by atoms with Crippen LogP contribution in [0, 0.1) is 6.92 Å². The minimum Gasteiger partial charge on any atom is -0.304 e. The summed E-state index contributed by atoms with van der Waals surface area (Å²) in [5.41, 5.74) is 2.81. The lowest BCUT2D eigenvalue weighted by atomic mass is 10.0. The van der Waals surface area contributed by atoms with Crippen LogP contribution in [0.2, 0.25) is 0 Å². The largest absolute Gasteiger partial charge is 0.304 e. The fraction of sp³-hybridized carbons (Fsp3) is 0.571. The maximum absolute atomic E-state index is 2.58. The molecule has 1 saturated heterocycles. The van der Waals surface area contributed by atoms with Crippen molar-refractivity contribution in [2.75, 3.05) is 33.2 Å². The number of hydrogen-bond acceptors (Lipinski definition) is 2. The molecule has 88 valence electrons. The molecule has 1 heterocycles. The molecule has 0 amide bonds. The van der Waals surface area contributed by atoms with Gasteiger partial charge in [0.15, 0.2) is 0 Å². The first-order valence-electron chi connectivity index (χ1n) is 6.16. The Morgan fingerprint density at radius 3 is 2.44 bits per heavy atom. The lowest BCUT2D eigenvalue weighted by molar-refractivity contribution is 0.119. The van der Waals surface area contributed by atoms with Gasteiger partial charge in [-0.15, -0.1) is 0 Å².